The first kappa shape index (κ1) is 33.8. The van der Waals surface area contributed by atoms with Crippen LogP contribution >= 0.6 is 11.8 Å². The fourth-order valence-electron chi connectivity index (χ4n) is 9.98. The van der Waals surface area contributed by atoms with E-state index in [1.807, 2.05) is 0 Å². The van der Waals surface area contributed by atoms with Gasteiger partial charge in [-0.25, -0.2) is 9.98 Å². The second-order valence-corrected chi connectivity index (χ2v) is 17.3. The second-order valence-electron chi connectivity index (χ2n) is 16.0. The van der Waals surface area contributed by atoms with Crippen LogP contribution in [0.5, 0.6) is 0 Å². The van der Waals surface area contributed by atoms with Crippen LogP contribution in [0.4, 0.5) is 0 Å². The van der Waals surface area contributed by atoms with E-state index in [2.05, 4.69) is 174 Å². The smallest absolute Gasteiger partial charge is 0.160 e. The maximum absolute atomic E-state index is 5.45. The van der Waals surface area contributed by atoms with Gasteiger partial charge in [-0.3, -0.25) is 4.98 Å². The van der Waals surface area contributed by atoms with Gasteiger partial charge in [0.25, 0.3) is 0 Å². The van der Waals surface area contributed by atoms with Gasteiger partial charge in [0.15, 0.2) is 5.84 Å². The quantitative estimate of drug-likeness (QED) is 0.255. The third kappa shape index (κ3) is 5.88. The molecular weight excluding hydrogens is 703 g/mol. The van der Waals surface area contributed by atoms with Crippen molar-refractivity contribution in [3.05, 3.63) is 196 Å². The molecule has 7 unspecified atom stereocenters. The molecule has 56 heavy (non-hydrogen) atoms. The van der Waals surface area contributed by atoms with Gasteiger partial charge in [0.05, 0.1) is 17.0 Å². The van der Waals surface area contributed by atoms with Crippen molar-refractivity contribution >= 4 is 23.4 Å². The molecule has 3 aliphatic heterocycles. The standard InChI is InChI=1S/C50H45N5S/c1-5-15-32(16-6-1)36-29-42(50-53-48(33-17-7-2-8-18-33)52-49(54-50)34-19-9-3-10-20-34)45(51-31-36)35-25-26-39-41-28-27-40-38-23-13-14-24-43(38)55(37-21-11-4-12-22-37)46(40)47(41)56-44(39)30-35/h1-9,11-18,21,24-29,31,34-35,37-38,41,47,49H,10,19-20,22-23,30H2,(H,52,53,54). The number of nitrogens with zero attached hydrogens (tertiary/aromatic N) is 4. The molecule has 1 aromatic heterocycles. The molecular formula is C50H45N5S. The molecule has 7 atom stereocenters. The molecule has 4 heterocycles. The maximum Gasteiger partial charge on any atom is 0.160 e. The molecule has 0 saturated carbocycles. The van der Waals surface area contributed by atoms with Gasteiger partial charge >= 0.3 is 0 Å². The van der Waals surface area contributed by atoms with Crippen molar-refractivity contribution in [3.63, 3.8) is 0 Å². The summed E-state index contributed by atoms with van der Waals surface area (Å²) in [4.78, 5) is 20.3. The zero-order chi connectivity index (χ0) is 37.0. The lowest BCUT2D eigenvalue weighted by molar-refractivity contribution is 0.346. The third-order valence-corrected chi connectivity index (χ3v) is 14.2. The summed E-state index contributed by atoms with van der Waals surface area (Å²) >= 11 is 2.11. The van der Waals surface area contributed by atoms with Gasteiger partial charge in [-0.05, 0) is 72.3 Å². The molecule has 0 saturated heterocycles. The van der Waals surface area contributed by atoms with E-state index in [0.29, 0.717) is 29.0 Å². The minimum Gasteiger partial charge on any atom is -0.348 e. The normalized spacial score (nSPS) is 29.7. The van der Waals surface area contributed by atoms with E-state index in [4.69, 9.17) is 15.0 Å². The average Bonchev–Trinajstić information content (AvgIpc) is 3.83. The van der Waals surface area contributed by atoms with Crippen molar-refractivity contribution < 1.29 is 0 Å². The molecule has 1 N–H and O–H groups in total. The summed E-state index contributed by atoms with van der Waals surface area (Å²) in [7, 11) is 0. The highest BCUT2D eigenvalue weighted by molar-refractivity contribution is 8.04. The minimum atomic E-state index is -0.0623. The van der Waals surface area contributed by atoms with Gasteiger partial charge in [-0.15, -0.1) is 11.8 Å². The van der Waals surface area contributed by atoms with Crippen LogP contribution in [0.3, 0.4) is 0 Å². The highest BCUT2D eigenvalue weighted by atomic mass is 32.2. The monoisotopic (exact) mass is 747 g/mol. The van der Waals surface area contributed by atoms with E-state index in [0.717, 1.165) is 78.1 Å². The lowest BCUT2D eigenvalue weighted by Gasteiger charge is -2.37. The van der Waals surface area contributed by atoms with Crippen LogP contribution in [0.15, 0.2) is 189 Å². The predicted molar refractivity (Wildman–Crippen MR) is 231 cm³/mol. The lowest BCUT2D eigenvalue weighted by atomic mass is 9.80. The number of rotatable bonds is 6. The van der Waals surface area contributed by atoms with Gasteiger partial charge in [0.1, 0.15) is 12.0 Å². The van der Waals surface area contributed by atoms with Gasteiger partial charge < -0.3 is 10.2 Å². The van der Waals surface area contributed by atoms with Crippen molar-refractivity contribution in [2.24, 2.45) is 27.7 Å². The molecule has 0 fully saturated rings. The molecule has 0 bridgehead atoms. The fraction of sp³-hybridized carbons (Fsp3) is 0.260. The Balaban J connectivity index is 0.961. The van der Waals surface area contributed by atoms with Crippen LogP contribution in [-0.2, 0) is 0 Å². The Bertz CT molecular complexity index is 2420. The summed E-state index contributed by atoms with van der Waals surface area (Å²) < 4.78 is 0. The Morgan fingerprint density at radius 1 is 0.768 bits per heavy atom. The number of nitrogens with one attached hydrogen (secondary N) is 1. The molecule has 0 radical (unpaired) electrons. The molecule has 3 aromatic rings. The summed E-state index contributed by atoms with van der Waals surface area (Å²) in [6.45, 7) is 0. The van der Waals surface area contributed by atoms with Crippen molar-refractivity contribution in [2.75, 3.05) is 0 Å². The number of allylic oxidation sites excluding steroid dienone is 14. The summed E-state index contributed by atoms with van der Waals surface area (Å²) in [5, 5.41) is 4.13. The van der Waals surface area contributed by atoms with Crippen LogP contribution in [0.2, 0.25) is 0 Å². The molecule has 276 valence electrons. The Hall–Kier alpha value is -5.46. The van der Waals surface area contributed by atoms with Crippen molar-refractivity contribution in [1.29, 1.82) is 0 Å². The first-order valence-electron chi connectivity index (χ1n) is 20.5. The number of hydrogen-bond acceptors (Lipinski definition) is 6. The Morgan fingerprint density at radius 2 is 1.61 bits per heavy atom. The average molecular weight is 748 g/mol. The number of fused-ring (bicyclic) bond motifs is 5. The van der Waals surface area contributed by atoms with Gasteiger partial charge in [0.2, 0.25) is 0 Å². The van der Waals surface area contributed by atoms with Crippen molar-refractivity contribution in [1.82, 2.24) is 15.2 Å². The highest BCUT2D eigenvalue weighted by Gasteiger charge is 2.48. The number of hydrogen-bond donors (Lipinski definition) is 1. The van der Waals surface area contributed by atoms with E-state index >= 15 is 0 Å². The molecule has 11 rings (SSSR count). The topological polar surface area (TPSA) is 52.9 Å². The van der Waals surface area contributed by atoms with Crippen LogP contribution < -0.4 is 5.32 Å². The van der Waals surface area contributed by atoms with E-state index in [9.17, 15) is 0 Å². The van der Waals surface area contributed by atoms with E-state index < -0.39 is 0 Å². The van der Waals surface area contributed by atoms with Gasteiger partial charge in [-0.2, -0.15) is 0 Å². The highest BCUT2D eigenvalue weighted by Crippen LogP contribution is 2.59. The van der Waals surface area contributed by atoms with Gasteiger partial charge in [-0.1, -0.05) is 134 Å². The Morgan fingerprint density at radius 3 is 2.43 bits per heavy atom. The number of pyridine rings is 1. The zero-order valence-electron chi connectivity index (χ0n) is 31.4. The Kier molecular flexibility index (Phi) is 8.60. The summed E-state index contributed by atoms with van der Waals surface area (Å²) in [6, 6.07) is 23.8. The molecule has 0 spiro atoms. The van der Waals surface area contributed by atoms with Crippen LogP contribution in [0, 0.1) is 17.8 Å². The number of amidine groups is 2. The maximum atomic E-state index is 5.45. The second kappa shape index (κ2) is 14.2. The molecule has 8 aliphatic rings. The summed E-state index contributed by atoms with van der Waals surface area (Å²) in [5.74, 6) is 3.00. The van der Waals surface area contributed by atoms with E-state index in [1.165, 1.54) is 27.4 Å². The number of aliphatic imine (C=N–C) groups is 2. The largest absolute Gasteiger partial charge is 0.348 e. The molecule has 5 aliphatic carbocycles. The van der Waals surface area contributed by atoms with Crippen LogP contribution in [0.1, 0.15) is 61.3 Å². The molecule has 5 nitrogen and oxygen atoms in total. The molecule has 6 heteroatoms. The SMILES string of the molecule is C1=CCC2C(=C1)N(C1C=CC=CC1)C1=C2C=CC2C3=C(CC(c4ncc(-c5ccccc5)cc4C4=NC(C5CC=CCC5)NC(c5ccccc5)=N4)C=C3)SC12. The van der Waals surface area contributed by atoms with E-state index in [-0.39, 0.29) is 12.1 Å². The first-order chi connectivity index (χ1) is 27.8. The van der Waals surface area contributed by atoms with Crippen molar-refractivity contribution in [3.8, 4) is 11.1 Å². The number of thioether (sulfide) groups is 1. The zero-order valence-corrected chi connectivity index (χ0v) is 32.2. The predicted octanol–water partition coefficient (Wildman–Crippen LogP) is 10.7. The number of benzene rings is 2. The first-order valence-corrected chi connectivity index (χ1v) is 21.3. The summed E-state index contributed by atoms with van der Waals surface area (Å²) in [6.07, 6.45) is 38.9. The fourth-order valence-corrected chi connectivity index (χ4v) is 11.6. The molecule has 0 amide bonds. The molecule has 2 aromatic carbocycles. The minimum absolute atomic E-state index is 0.0623. The van der Waals surface area contributed by atoms with Gasteiger partial charge in [0, 0.05) is 58.0 Å². The Labute approximate surface area is 334 Å². The van der Waals surface area contributed by atoms with Crippen LogP contribution in [0.25, 0.3) is 11.1 Å². The summed E-state index contributed by atoms with van der Waals surface area (Å²) in [5.41, 5.74) is 11.4. The third-order valence-electron chi connectivity index (χ3n) is 12.8. The lowest BCUT2D eigenvalue weighted by Crippen LogP contribution is -2.43. The van der Waals surface area contributed by atoms with Crippen molar-refractivity contribution in [2.45, 2.75) is 61.9 Å². The van der Waals surface area contributed by atoms with E-state index in [1.54, 1.807) is 0 Å². The van der Waals surface area contributed by atoms with Crippen LogP contribution in [-0.4, -0.2) is 39.0 Å². The number of aromatic nitrogens is 1.